The highest BCUT2D eigenvalue weighted by Crippen LogP contribution is 2.36. The van der Waals surface area contributed by atoms with Crippen molar-refractivity contribution in [3.05, 3.63) is 83.4 Å². The maximum Gasteiger partial charge on any atom is 0.449 e. The van der Waals surface area contributed by atoms with E-state index in [0.717, 1.165) is 16.7 Å². The minimum Gasteiger partial charge on any atom is -0.445 e. The molecule has 0 unspecified atom stereocenters. The van der Waals surface area contributed by atoms with Crippen molar-refractivity contribution in [1.82, 2.24) is 14.9 Å². The Morgan fingerprint density at radius 3 is 2.46 bits per heavy atom. The van der Waals surface area contributed by atoms with E-state index in [-0.39, 0.29) is 30.2 Å². The molecule has 1 aliphatic heterocycles. The average molecular weight is 510 g/mol. The molecule has 0 aliphatic carbocycles. The largest absolute Gasteiger partial charge is 0.449 e. The van der Waals surface area contributed by atoms with Crippen molar-refractivity contribution >= 4 is 16.2 Å². The number of alkyl halides is 3. The Kier molecular flexibility index (Phi) is 6.86. The molecular weight excluding hydrogens is 487 g/mol. The Balaban J connectivity index is 1.55. The standard InChI is InChI=1S/C23H22F3N3O5S/c1-15-7-9-18(10-8-15)35(31,32)34-17-11-20(19-12-27-21(28-19)23(24,25)26)29(13-17)22(30)33-14-16-5-3-2-4-6-16/h2-10,12,17,20H,11,13-14H2,1H3,(H,27,28)/t17-,20+/m1/s1. The summed E-state index contributed by atoms with van der Waals surface area (Å²) in [5, 5.41) is 0. The van der Waals surface area contributed by atoms with Crippen molar-refractivity contribution in [3.63, 3.8) is 0 Å². The second kappa shape index (κ2) is 9.70. The Morgan fingerprint density at radius 1 is 1.14 bits per heavy atom. The molecule has 8 nitrogen and oxygen atoms in total. The van der Waals surface area contributed by atoms with Crippen molar-refractivity contribution in [2.24, 2.45) is 0 Å². The molecule has 2 aromatic carbocycles. The molecule has 1 aliphatic rings. The van der Waals surface area contributed by atoms with Crippen molar-refractivity contribution in [2.75, 3.05) is 6.54 Å². The normalized spacial score (nSPS) is 18.6. The SMILES string of the molecule is Cc1ccc(S(=O)(=O)O[C@@H]2C[C@@H](c3cnc(C(F)(F)F)[nH]3)N(C(=O)OCc3ccccc3)C2)cc1. The first-order valence-corrected chi connectivity index (χ1v) is 12.0. The Bertz CT molecular complexity index is 1280. The summed E-state index contributed by atoms with van der Waals surface area (Å²) >= 11 is 0. The second-order valence-corrected chi connectivity index (χ2v) is 9.69. The lowest BCUT2D eigenvalue weighted by Crippen LogP contribution is -2.33. The lowest BCUT2D eigenvalue weighted by atomic mass is 10.1. The zero-order valence-electron chi connectivity index (χ0n) is 18.5. The molecule has 4 rings (SSSR count). The van der Waals surface area contributed by atoms with Crippen LogP contribution in [0.1, 0.15) is 35.1 Å². The number of nitrogens with one attached hydrogen (secondary N) is 1. The van der Waals surface area contributed by atoms with Crippen LogP contribution in [-0.2, 0) is 31.8 Å². The predicted octanol–water partition coefficient (Wildman–Crippen LogP) is 4.59. The van der Waals surface area contributed by atoms with Gasteiger partial charge in [0.05, 0.1) is 35.5 Å². The van der Waals surface area contributed by atoms with Crippen LogP contribution in [0.15, 0.2) is 65.7 Å². The number of benzene rings is 2. The molecule has 1 fully saturated rings. The summed E-state index contributed by atoms with van der Waals surface area (Å²) in [6, 6.07) is 13.9. The number of carbonyl (C=O) groups excluding carboxylic acids is 1. The van der Waals surface area contributed by atoms with Gasteiger partial charge in [0.1, 0.15) is 6.61 Å². The number of nitrogens with zero attached hydrogens (tertiary/aromatic N) is 2. The third-order valence-electron chi connectivity index (χ3n) is 5.50. The molecule has 35 heavy (non-hydrogen) atoms. The summed E-state index contributed by atoms with van der Waals surface area (Å²) in [7, 11) is -4.17. The lowest BCUT2D eigenvalue weighted by Gasteiger charge is -2.22. The van der Waals surface area contributed by atoms with Gasteiger partial charge in [0.25, 0.3) is 10.1 Å². The fourth-order valence-corrected chi connectivity index (χ4v) is 4.83. The van der Waals surface area contributed by atoms with Crippen molar-refractivity contribution in [3.8, 4) is 0 Å². The van der Waals surface area contributed by atoms with E-state index < -0.39 is 40.4 Å². The monoisotopic (exact) mass is 509 g/mol. The number of amides is 1. The summed E-state index contributed by atoms with van der Waals surface area (Å²) in [5.74, 6) is -1.22. The van der Waals surface area contributed by atoms with E-state index in [0.29, 0.717) is 5.56 Å². The van der Waals surface area contributed by atoms with E-state index in [1.807, 2.05) is 0 Å². The van der Waals surface area contributed by atoms with E-state index in [4.69, 9.17) is 8.92 Å². The molecule has 12 heteroatoms. The first-order chi connectivity index (χ1) is 16.5. The summed E-state index contributed by atoms with van der Waals surface area (Å²) in [6.07, 6.45) is -5.64. The van der Waals surface area contributed by atoms with Crippen LogP contribution in [-0.4, -0.2) is 42.0 Å². The number of hydrogen-bond acceptors (Lipinski definition) is 6. The van der Waals surface area contributed by atoms with Gasteiger partial charge >= 0.3 is 12.3 Å². The number of aromatic nitrogens is 2. The van der Waals surface area contributed by atoms with Gasteiger partial charge < -0.3 is 9.72 Å². The highest BCUT2D eigenvalue weighted by Gasteiger charge is 2.42. The van der Waals surface area contributed by atoms with E-state index in [1.165, 1.54) is 12.1 Å². The third-order valence-corrected chi connectivity index (χ3v) is 6.87. The lowest BCUT2D eigenvalue weighted by molar-refractivity contribution is -0.144. The molecule has 0 saturated carbocycles. The minimum absolute atomic E-state index is 0.00665. The van der Waals surface area contributed by atoms with Crippen molar-refractivity contribution in [1.29, 1.82) is 0 Å². The number of H-pyrrole nitrogens is 1. The smallest absolute Gasteiger partial charge is 0.445 e. The highest BCUT2D eigenvalue weighted by molar-refractivity contribution is 7.86. The predicted molar refractivity (Wildman–Crippen MR) is 118 cm³/mol. The van der Waals surface area contributed by atoms with Crippen LogP contribution in [0.5, 0.6) is 0 Å². The van der Waals surface area contributed by atoms with Gasteiger partial charge in [-0.25, -0.2) is 9.78 Å². The van der Waals surface area contributed by atoms with Gasteiger partial charge in [0.2, 0.25) is 5.82 Å². The van der Waals surface area contributed by atoms with Gasteiger partial charge in [-0.3, -0.25) is 9.08 Å². The minimum atomic E-state index is -4.71. The molecule has 1 N–H and O–H groups in total. The van der Waals surface area contributed by atoms with Gasteiger partial charge in [-0.1, -0.05) is 48.0 Å². The number of rotatable bonds is 6. The zero-order valence-corrected chi connectivity index (χ0v) is 19.3. The molecule has 0 bridgehead atoms. The van der Waals surface area contributed by atoms with Gasteiger partial charge in [0.15, 0.2) is 0 Å². The maximum atomic E-state index is 13.1. The van der Waals surface area contributed by atoms with Gasteiger partial charge in [-0.2, -0.15) is 21.6 Å². The summed E-state index contributed by atoms with van der Waals surface area (Å²) < 4.78 is 75.4. The number of likely N-dealkylation sites (tertiary alicyclic amines) is 1. The van der Waals surface area contributed by atoms with Crippen LogP contribution in [0.2, 0.25) is 0 Å². The number of carbonyl (C=O) groups is 1. The topological polar surface area (TPSA) is 102 Å². The number of hydrogen-bond donors (Lipinski definition) is 1. The first-order valence-electron chi connectivity index (χ1n) is 10.6. The molecule has 3 aromatic rings. The van der Waals surface area contributed by atoms with E-state index in [1.54, 1.807) is 49.4 Å². The zero-order chi connectivity index (χ0) is 25.2. The van der Waals surface area contributed by atoms with Crippen molar-refractivity contribution < 1.29 is 35.3 Å². The Hall–Kier alpha value is -3.38. The fraction of sp³-hybridized carbons (Fsp3) is 0.304. The number of imidazole rings is 1. The van der Waals surface area contributed by atoms with Crippen LogP contribution in [0.3, 0.4) is 0 Å². The molecule has 1 saturated heterocycles. The van der Waals surface area contributed by atoms with Gasteiger partial charge in [-0.15, -0.1) is 0 Å². The molecule has 1 aromatic heterocycles. The molecular formula is C23H22F3N3O5S. The van der Waals surface area contributed by atoms with Gasteiger partial charge in [0, 0.05) is 6.42 Å². The summed E-state index contributed by atoms with van der Waals surface area (Å²) in [5.41, 5.74) is 1.57. The fourth-order valence-electron chi connectivity index (χ4n) is 3.75. The summed E-state index contributed by atoms with van der Waals surface area (Å²) in [6.45, 7) is 1.54. The van der Waals surface area contributed by atoms with Gasteiger partial charge in [-0.05, 0) is 24.6 Å². The quantitative estimate of drug-likeness (QED) is 0.488. The molecule has 2 atom stereocenters. The van der Waals surface area contributed by atoms with Crippen LogP contribution < -0.4 is 0 Å². The molecule has 0 spiro atoms. The van der Waals surface area contributed by atoms with Crippen LogP contribution >= 0.6 is 0 Å². The average Bonchev–Trinajstić information content (AvgIpc) is 3.45. The first kappa shape index (κ1) is 24.7. The molecule has 1 amide bonds. The number of aromatic amines is 1. The Morgan fingerprint density at radius 2 is 1.83 bits per heavy atom. The number of halogens is 3. The second-order valence-electron chi connectivity index (χ2n) is 8.11. The van der Waals surface area contributed by atoms with E-state index >= 15 is 0 Å². The molecule has 186 valence electrons. The number of aryl methyl sites for hydroxylation is 1. The Labute approximate surface area is 199 Å². The third kappa shape index (κ3) is 5.82. The molecule has 2 heterocycles. The summed E-state index contributed by atoms with van der Waals surface area (Å²) in [4.78, 5) is 19.5. The number of ether oxygens (including phenoxy) is 1. The van der Waals surface area contributed by atoms with Crippen LogP contribution in [0, 0.1) is 6.92 Å². The van der Waals surface area contributed by atoms with Crippen molar-refractivity contribution in [2.45, 2.75) is 43.2 Å². The highest BCUT2D eigenvalue weighted by atomic mass is 32.2. The maximum absolute atomic E-state index is 13.1. The van der Waals surface area contributed by atoms with E-state index in [2.05, 4.69) is 9.97 Å². The van der Waals surface area contributed by atoms with Crippen LogP contribution in [0.25, 0.3) is 0 Å². The van der Waals surface area contributed by atoms with E-state index in [9.17, 15) is 26.4 Å². The molecule has 0 radical (unpaired) electrons. The van der Waals surface area contributed by atoms with Crippen LogP contribution in [0.4, 0.5) is 18.0 Å².